The lowest BCUT2D eigenvalue weighted by atomic mass is 10.1. The van der Waals surface area contributed by atoms with E-state index in [1.165, 1.54) is 25.1 Å². The molecule has 2 rings (SSSR count). The van der Waals surface area contributed by atoms with Gasteiger partial charge >= 0.3 is 0 Å². The second-order valence-corrected chi connectivity index (χ2v) is 4.57. The van der Waals surface area contributed by atoms with Gasteiger partial charge < -0.3 is 4.74 Å². The van der Waals surface area contributed by atoms with Crippen LogP contribution in [0.1, 0.15) is 12.5 Å². The van der Waals surface area contributed by atoms with Crippen molar-refractivity contribution in [3.05, 3.63) is 64.9 Å². The van der Waals surface area contributed by atoms with Gasteiger partial charge in [-0.3, -0.25) is 4.79 Å². The van der Waals surface area contributed by atoms with E-state index in [0.717, 1.165) is 5.56 Å². The molecule has 0 saturated heterocycles. The lowest BCUT2D eigenvalue weighted by Gasteiger charge is -2.09. The zero-order chi connectivity index (χ0) is 14.5. The van der Waals surface area contributed by atoms with E-state index in [2.05, 4.69) is 0 Å². The molecule has 102 valence electrons. The van der Waals surface area contributed by atoms with E-state index in [0.29, 0.717) is 11.5 Å². The Morgan fingerprint density at radius 2 is 2.00 bits per heavy atom. The van der Waals surface area contributed by atoms with Crippen molar-refractivity contribution in [1.82, 2.24) is 0 Å². The van der Waals surface area contributed by atoms with Gasteiger partial charge in [0.05, 0.1) is 5.02 Å². The minimum atomic E-state index is -0.541. The number of para-hydroxylation sites is 1. The van der Waals surface area contributed by atoms with Gasteiger partial charge in [0.1, 0.15) is 17.3 Å². The van der Waals surface area contributed by atoms with Gasteiger partial charge in [-0.05, 0) is 37.3 Å². The predicted molar refractivity (Wildman–Crippen MR) is 77.6 cm³/mol. The van der Waals surface area contributed by atoms with Crippen molar-refractivity contribution >= 4 is 23.5 Å². The number of allylic oxidation sites excluding steroid dienone is 1. The Bertz CT molecular complexity index is 665. The summed E-state index contributed by atoms with van der Waals surface area (Å²) in [7, 11) is 0. The number of carbonyl (C=O) groups is 1. The molecule has 0 radical (unpaired) electrons. The molecule has 0 aliphatic carbocycles. The second-order valence-electron chi connectivity index (χ2n) is 4.16. The fourth-order valence-corrected chi connectivity index (χ4v) is 1.70. The molecular weight excluding hydrogens is 279 g/mol. The van der Waals surface area contributed by atoms with Crippen molar-refractivity contribution in [3.63, 3.8) is 0 Å². The molecule has 0 atom stereocenters. The van der Waals surface area contributed by atoms with Crippen molar-refractivity contribution in [2.24, 2.45) is 0 Å². The summed E-state index contributed by atoms with van der Waals surface area (Å²) >= 11 is 5.62. The molecular formula is C16H12ClFO2. The summed E-state index contributed by atoms with van der Waals surface area (Å²) in [5.74, 6) is 0.278. The van der Waals surface area contributed by atoms with Crippen molar-refractivity contribution < 1.29 is 13.9 Å². The SMILES string of the molecule is CC(=O)C=Cc1ccccc1Oc1ccc(Cl)c(F)c1. The Labute approximate surface area is 121 Å². The summed E-state index contributed by atoms with van der Waals surface area (Å²) in [4.78, 5) is 11.0. The standard InChI is InChI=1S/C16H12ClFO2/c1-11(19)6-7-12-4-2-3-5-16(12)20-13-8-9-14(17)15(18)10-13/h2-10H,1H3. The smallest absolute Gasteiger partial charge is 0.152 e. The van der Waals surface area contributed by atoms with Crippen LogP contribution in [0.3, 0.4) is 0 Å². The molecule has 0 saturated carbocycles. The molecule has 0 N–H and O–H groups in total. The molecule has 2 nitrogen and oxygen atoms in total. The van der Waals surface area contributed by atoms with Crippen LogP contribution >= 0.6 is 11.6 Å². The molecule has 0 amide bonds. The molecule has 0 aliphatic rings. The molecule has 0 fully saturated rings. The quantitative estimate of drug-likeness (QED) is 0.751. The lowest BCUT2D eigenvalue weighted by Crippen LogP contribution is -1.89. The summed E-state index contributed by atoms with van der Waals surface area (Å²) in [5.41, 5.74) is 0.734. The molecule has 4 heteroatoms. The van der Waals surface area contributed by atoms with Gasteiger partial charge in [0, 0.05) is 11.6 Å². The van der Waals surface area contributed by atoms with Crippen LogP contribution in [0.15, 0.2) is 48.5 Å². The molecule has 2 aromatic rings. The third-order valence-corrected chi connectivity index (χ3v) is 2.84. The van der Waals surface area contributed by atoms with E-state index in [-0.39, 0.29) is 10.8 Å². The summed E-state index contributed by atoms with van der Waals surface area (Å²) in [6.07, 6.45) is 3.11. The Morgan fingerprint density at radius 1 is 1.25 bits per heavy atom. The maximum atomic E-state index is 13.4. The molecule has 0 aromatic heterocycles. The van der Waals surface area contributed by atoms with Gasteiger partial charge in [-0.2, -0.15) is 0 Å². The van der Waals surface area contributed by atoms with Gasteiger partial charge in [-0.25, -0.2) is 4.39 Å². The first kappa shape index (κ1) is 14.3. The number of ketones is 1. The molecule has 0 spiro atoms. The number of carbonyl (C=O) groups excluding carboxylic acids is 1. The molecule has 0 heterocycles. The molecule has 2 aromatic carbocycles. The van der Waals surface area contributed by atoms with Crippen molar-refractivity contribution in [1.29, 1.82) is 0 Å². The van der Waals surface area contributed by atoms with Gasteiger partial charge in [0.25, 0.3) is 0 Å². The number of ether oxygens (including phenoxy) is 1. The van der Waals surface area contributed by atoms with Crippen molar-refractivity contribution in [3.8, 4) is 11.5 Å². The van der Waals surface area contributed by atoms with Crippen LogP contribution in [0.5, 0.6) is 11.5 Å². The predicted octanol–water partition coefficient (Wildman–Crippen LogP) is 4.87. The first-order valence-corrected chi connectivity index (χ1v) is 6.34. The highest BCUT2D eigenvalue weighted by atomic mass is 35.5. The fourth-order valence-electron chi connectivity index (χ4n) is 1.59. The highest BCUT2D eigenvalue weighted by molar-refractivity contribution is 6.30. The van der Waals surface area contributed by atoms with Crippen LogP contribution < -0.4 is 4.74 Å². The summed E-state index contributed by atoms with van der Waals surface area (Å²) < 4.78 is 19.0. The Balaban J connectivity index is 2.29. The van der Waals surface area contributed by atoms with E-state index in [9.17, 15) is 9.18 Å². The normalized spacial score (nSPS) is 10.8. The van der Waals surface area contributed by atoms with Crippen molar-refractivity contribution in [2.45, 2.75) is 6.92 Å². The van der Waals surface area contributed by atoms with Crippen LogP contribution in [0.25, 0.3) is 6.08 Å². The molecule has 0 bridgehead atoms. The van der Waals surface area contributed by atoms with E-state index < -0.39 is 5.82 Å². The Hall–Kier alpha value is -2.13. The highest BCUT2D eigenvalue weighted by Crippen LogP contribution is 2.28. The highest BCUT2D eigenvalue weighted by Gasteiger charge is 2.05. The number of hydrogen-bond acceptors (Lipinski definition) is 2. The monoisotopic (exact) mass is 290 g/mol. The molecule has 0 unspecified atom stereocenters. The largest absolute Gasteiger partial charge is 0.457 e. The maximum Gasteiger partial charge on any atom is 0.152 e. The molecule has 20 heavy (non-hydrogen) atoms. The number of hydrogen-bond donors (Lipinski definition) is 0. The number of rotatable bonds is 4. The van der Waals surface area contributed by atoms with Crippen LogP contribution in [0, 0.1) is 5.82 Å². The Morgan fingerprint density at radius 3 is 2.70 bits per heavy atom. The average molecular weight is 291 g/mol. The van der Waals surface area contributed by atoms with E-state index >= 15 is 0 Å². The molecule has 0 aliphatic heterocycles. The second kappa shape index (κ2) is 6.35. The van der Waals surface area contributed by atoms with E-state index in [4.69, 9.17) is 16.3 Å². The average Bonchev–Trinajstić information content (AvgIpc) is 2.42. The topological polar surface area (TPSA) is 26.3 Å². The first-order chi connectivity index (χ1) is 9.56. The summed E-state index contributed by atoms with van der Waals surface area (Å²) in [6, 6.07) is 11.4. The maximum absolute atomic E-state index is 13.4. The van der Waals surface area contributed by atoms with E-state index in [1.54, 1.807) is 30.3 Å². The van der Waals surface area contributed by atoms with Crippen molar-refractivity contribution in [2.75, 3.05) is 0 Å². The minimum absolute atomic E-state index is 0.0436. The first-order valence-electron chi connectivity index (χ1n) is 5.97. The minimum Gasteiger partial charge on any atom is -0.457 e. The van der Waals surface area contributed by atoms with E-state index in [1.807, 2.05) is 6.07 Å². The van der Waals surface area contributed by atoms with Crippen LogP contribution in [-0.4, -0.2) is 5.78 Å². The number of halogens is 2. The van der Waals surface area contributed by atoms with Gasteiger partial charge in [0.2, 0.25) is 0 Å². The lowest BCUT2D eigenvalue weighted by molar-refractivity contribution is -0.112. The zero-order valence-electron chi connectivity index (χ0n) is 10.8. The Kier molecular flexibility index (Phi) is 4.53. The third kappa shape index (κ3) is 3.68. The number of benzene rings is 2. The van der Waals surface area contributed by atoms with Crippen LogP contribution in [0.2, 0.25) is 5.02 Å². The van der Waals surface area contributed by atoms with Gasteiger partial charge in [-0.1, -0.05) is 29.8 Å². The van der Waals surface area contributed by atoms with Crippen LogP contribution in [0.4, 0.5) is 4.39 Å². The summed E-state index contributed by atoms with van der Waals surface area (Å²) in [5, 5.41) is 0.0436. The van der Waals surface area contributed by atoms with Gasteiger partial charge in [0.15, 0.2) is 5.78 Å². The zero-order valence-corrected chi connectivity index (χ0v) is 11.5. The summed E-state index contributed by atoms with van der Waals surface area (Å²) in [6.45, 7) is 1.47. The van der Waals surface area contributed by atoms with Crippen LogP contribution in [-0.2, 0) is 4.79 Å². The fraction of sp³-hybridized carbons (Fsp3) is 0.0625. The van der Waals surface area contributed by atoms with Gasteiger partial charge in [-0.15, -0.1) is 0 Å². The third-order valence-electron chi connectivity index (χ3n) is 2.54.